The molecular weight excluding hydrogens is 254 g/mol. The van der Waals surface area contributed by atoms with E-state index in [0.29, 0.717) is 18.1 Å². The molecule has 2 heterocycles. The topological polar surface area (TPSA) is 56.2 Å². The first-order chi connectivity index (χ1) is 8.65. The molecule has 1 aromatic heterocycles. The Hall–Kier alpha value is -1.07. The highest BCUT2D eigenvalue weighted by atomic mass is 35.5. The molecule has 0 bridgehead atoms. The van der Waals surface area contributed by atoms with Crippen LogP contribution in [0.15, 0.2) is 12.4 Å². The number of aromatic nitrogens is 2. The molecule has 1 aliphatic rings. The Morgan fingerprint density at radius 1 is 1.78 bits per heavy atom. The van der Waals surface area contributed by atoms with E-state index in [2.05, 4.69) is 10.4 Å². The standard InChI is InChI=1S/C12H18ClN3O2/c1-9(7-16-8-10(13)5-15-16)12(17)14-6-11-3-2-4-18-11/h5,8-9,11H,2-4,6-7H2,1H3,(H,14,17)/t9-,11-/m0/s1. The summed E-state index contributed by atoms with van der Waals surface area (Å²) in [7, 11) is 0. The zero-order valence-corrected chi connectivity index (χ0v) is 11.2. The van der Waals surface area contributed by atoms with Crippen LogP contribution in [-0.4, -0.2) is 34.9 Å². The highest BCUT2D eigenvalue weighted by molar-refractivity contribution is 6.30. The van der Waals surface area contributed by atoms with Gasteiger partial charge < -0.3 is 10.1 Å². The van der Waals surface area contributed by atoms with E-state index in [1.54, 1.807) is 17.1 Å². The molecule has 2 atom stereocenters. The first-order valence-electron chi connectivity index (χ1n) is 6.22. The van der Waals surface area contributed by atoms with Gasteiger partial charge in [-0.25, -0.2) is 0 Å². The van der Waals surface area contributed by atoms with Crippen LogP contribution in [0.2, 0.25) is 5.02 Å². The Morgan fingerprint density at radius 2 is 2.61 bits per heavy atom. The summed E-state index contributed by atoms with van der Waals surface area (Å²) in [5, 5.41) is 7.55. The molecule has 0 aliphatic carbocycles. The van der Waals surface area contributed by atoms with Crippen LogP contribution in [0.3, 0.4) is 0 Å². The maximum atomic E-state index is 11.9. The van der Waals surface area contributed by atoms with E-state index in [4.69, 9.17) is 16.3 Å². The van der Waals surface area contributed by atoms with Crippen molar-refractivity contribution in [1.29, 1.82) is 0 Å². The van der Waals surface area contributed by atoms with Crippen molar-refractivity contribution in [2.24, 2.45) is 5.92 Å². The number of ether oxygens (including phenoxy) is 1. The highest BCUT2D eigenvalue weighted by Crippen LogP contribution is 2.11. The largest absolute Gasteiger partial charge is 0.376 e. The maximum Gasteiger partial charge on any atom is 0.224 e. The lowest BCUT2D eigenvalue weighted by Crippen LogP contribution is -2.36. The second kappa shape index (κ2) is 6.20. The van der Waals surface area contributed by atoms with Gasteiger partial charge in [0.05, 0.1) is 29.8 Å². The predicted molar refractivity (Wildman–Crippen MR) is 68.4 cm³/mol. The number of amides is 1. The van der Waals surface area contributed by atoms with Crippen molar-refractivity contribution in [3.05, 3.63) is 17.4 Å². The third-order valence-corrected chi connectivity index (χ3v) is 3.23. The van der Waals surface area contributed by atoms with Crippen molar-refractivity contribution >= 4 is 17.5 Å². The minimum absolute atomic E-state index is 0.0251. The predicted octanol–water partition coefficient (Wildman–Crippen LogP) is 1.47. The number of carbonyl (C=O) groups excluding carboxylic acids is 1. The van der Waals surface area contributed by atoms with Crippen LogP contribution in [0.1, 0.15) is 19.8 Å². The van der Waals surface area contributed by atoms with Crippen LogP contribution in [0.25, 0.3) is 0 Å². The van der Waals surface area contributed by atoms with Gasteiger partial charge in [0.1, 0.15) is 0 Å². The van der Waals surface area contributed by atoms with Crippen molar-refractivity contribution in [3.8, 4) is 0 Å². The van der Waals surface area contributed by atoms with Gasteiger partial charge in [0, 0.05) is 19.3 Å². The van der Waals surface area contributed by atoms with Crippen molar-refractivity contribution in [2.75, 3.05) is 13.2 Å². The number of nitrogens with one attached hydrogen (secondary N) is 1. The Morgan fingerprint density at radius 3 is 3.22 bits per heavy atom. The average molecular weight is 272 g/mol. The van der Waals surface area contributed by atoms with E-state index >= 15 is 0 Å². The van der Waals surface area contributed by atoms with Gasteiger partial charge >= 0.3 is 0 Å². The molecule has 0 aromatic carbocycles. The average Bonchev–Trinajstić information content (AvgIpc) is 2.97. The van der Waals surface area contributed by atoms with Crippen LogP contribution in [-0.2, 0) is 16.1 Å². The number of rotatable bonds is 5. The molecule has 0 unspecified atom stereocenters. The number of nitrogens with zero attached hydrogens (tertiary/aromatic N) is 2. The van der Waals surface area contributed by atoms with E-state index in [1.165, 1.54) is 0 Å². The van der Waals surface area contributed by atoms with Crippen molar-refractivity contribution < 1.29 is 9.53 Å². The molecule has 2 rings (SSSR count). The minimum Gasteiger partial charge on any atom is -0.376 e. The molecule has 18 heavy (non-hydrogen) atoms. The van der Waals surface area contributed by atoms with Gasteiger partial charge in [-0.3, -0.25) is 9.48 Å². The molecule has 6 heteroatoms. The van der Waals surface area contributed by atoms with Gasteiger partial charge in [-0.05, 0) is 12.8 Å². The lowest BCUT2D eigenvalue weighted by Gasteiger charge is -2.14. The molecule has 1 N–H and O–H groups in total. The van der Waals surface area contributed by atoms with Gasteiger partial charge in [0.25, 0.3) is 0 Å². The lowest BCUT2D eigenvalue weighted by molar-refractivity contribution is -0.125. The van der Waals surface area contributed by atoms with Crippen molar-refractivity contribution in [3.63, 3.8) is 0 Å². The van der Waals surface area contributed by atoms with Crippen molar-refractivity contribution in [2.45, 2.75) is 32.4 Å². The fraction of sp³-hybridized carbons (Fsp3) is 0.667. The Balaban J connectivity index is 1.74. The molecule has 1 saturated heterocycles. The molecule has 0 spiro atoms. The van der Waals surface area contributed by atoms with Crippen LogP contribution in [0.5, 0.6) is 0 Å². The number of halogens is 1. The summed E-state index contributed by atoms with van der Waals surface area (Å²) in [4.78, 5) is 11.9. The van der Waals surface area contributed by atoms with E-state index in [0.717, 1.165) is 19.4 Å². The maximum absolute atomic E-state index is 11.9. The first kappa shape index (κ1) is 13.4. The van der Waals surface area contributed by atoms with Gasteiger partial charge in [0.15, 0.2) is 0 Å². The monoisotopic (exact) mass is 271 g/mol. The van der Waals surface area contributed by atoms with Crippen LogP contribution < -0.4 is 5.32 Å². The Bertz CT molecular complexity index is 402. The summed E-state index contributed by atoms with van der Waals surface area (Å²) in [6.45, 7) is 3.81. The first-order valence-corrected chi connectivity index (χ1v) is 6.60. The quantitative estimate of drug-likeness (QED) is 0.882. The fourth-order valence-corrected chi connectivity index (χ4v) is 2.15. The van der Waals surface area contributed by atoms with Crippen LogP contribution >= 0.6 is 11.6 Å². The van der Waals surface area contributed by atoms with Gasteiger partial charge in [-0.15, -0.1) is 0 Å². The van der Waals surface area contributed by atoms with Crippen molar-refractivity contribution in [1.82, 2.24) is 15.1 Å². The Labute approximate surface area is 111 Å². The van der Waals surface area contributed by atoms with E-state index < -0.39 is 0 Å². The zero-order valence-electron chi connectivity index (χ0n) is 10.4. The SMILES string of the molecule is C[C@@H](Cn1cc(Cl)cn1)C(=O)NC[C@@H]1CCCO1. The smallest absolute Gasteiger partial charge is 0.224 e. The number of hydrogen-bond acceptors (Lipinski definition) is 3. The highest BCUT2D eigenvalue weighted by Gasteiger charge is 2.19. The second-order valence-electron chi connectivity index (χ2n) is 4.66. The minimum atomic E-state index is -0.137. The number of carbonyl (C=O) groups is 1. The van der Waals surface area contributed by atoms with Gasteiger partial charge in [0.2, 0.25) is 5.91 Å². The van der Waals surface area contributed by atoms with Gasteiger partial charge in [-0.2, -0.15) is 5.10 Å². The number of hydrogen-bond donors (Lipinski definition) is 1. The third kappa shape index (κ3) is 3.71. The molecule has 0 radical (unpaired) electrons. The lowest BCUT2D eigenvalue weighted by atomic mass is 10.1. The molecule has 1 aromatic rings. The molecular formula is C12H18ClN3O2. The van der Waals surface area contributed by atoms with E-state index in [9.17, 15) is 4.79 Å². The fourth-order valence-electron chi connectivity index (χ4n) is 2.00. The molecule has 5 nitrogen and oxygen atoms in total. The summed E-state index contributed by atoms with van der Waals surface area (Å²) in [5.41, 5.74) is 0. The van der Waals surface area contributed by atoms with E-state index in [1.807, 2.05) is 6.92 Å². The summed E-state index contributed by atoms with van der Waals surface area (Å²) in [6, 6.07) is 0. The molecule has 1 aliphatic heterocycles. The summed E-state index contributed by atoms with van der Waals surface area (Å²) in [5.74, 6) is -0.112. The summed E-state index contributed by atoms with van der Waals surface area (Å²) < 4.78 is 7.13. The molecule has 1 fully saturated rings. The molecule has 1 amide bonds. The third-order valence-electron chi connectivity index (χ3n) is 3.04. The van der Waals surface area contributed by atoms with Crippen LogP contribution in [0, 0.1) is 5.92 Å². The second-order valence-corrected chi connectivity index (χ2v) is 5.10. The summed E-state index contributed by atoms with van der Waals surface area (Å²) in [6.07, 6.45) is 5.58. The zero-order chi connectivity index (χ0) is 13.0. The van der Waals surface area contributed by atoms with Crippen LogP contribution in [0.4, 0.5) is 0 Å². The molecule has 100 valence electrons. The molecule has 0 saturated carbocycles. The Kier molecular flexibility index (Phi) is 4.60. The summed E-state index contributed by atoms with van der Waals surface area (Å²) >= 11 is 5.77. The van der Waals surface area contributed by atoms with E-state index in [-0.39, 0.29) is 17.9 Å². The van der Waals surface area contributed by atoms with Gasteiger partial charge in [-0.1, -0.05) is 18.5 Å². The normalized spacial score (nSPS) is 20.9.